The molecule has 0 saturated carbocycles. The third kappa shape index (κ3) is 4.11. The van der Waals surface area contributed by atoms with Crippen LogP contribution >= 0.6 is 11.6 Å². The molecule has 94 valence electrons. The van der Waals surface area contributed by atoms with Gasteiger partial charge in [-0.2, -0.15) is 0 Å². The average Bonchev–Trinajstić information content (AvgIpc) is 2.29. The summed E-state index contributed by atoms with van der Waals surface area (Å²) in [5.41, 5.74) is 6.02. The second kappa shape index (κ2) is 6.30. The van der Waals surface area contributed by atoms with E-state index < -0.39 is 6.04 Å². The third-order valence-electron chi connectivity index (χ3n) is 2.16. The fourth-order valence-corrected chi connectivity index (χ4v) is 1.46. The molecule has 0 spiro atoms. The van der Waals surface area contributed by atoms with E-state index in [0.29, 0.717) is 23.1 Å². The molecule has 0 aliphatic rings. The van der Waals surface area contributed by atoms with Crippen molar-refractivity contribution in [3.8, 4) is 0 Å². The van der Waals surface area contributed by atoms with Crippen molar-refractivity contribution in [1.82, 2.24) is 10.3 Å². The molecule has 17 heavy (non-hydrogen) atoms. The Labute approximate surface area is 106 Å². The van der Waals surface area contributed by atoms with Crippen LogP contribution in [-0.4, -0.2) is 23.5 Å². The highest BCUT2D eigenvalue weighted by atomic mass is 35.5. The van der Waals surface area contributed by atoms with Crippen molar-refractivity contribution in [2.45, 2.75) is 26.3 Å². The summed E-state index contributed by atoms with van der Waals surface area (Å²) in [5.74, 6) is 0.376. The average molecular weight is 257 g/mol. The van der Waals surface area contributed by atoms with Gasteiger partial charge in [0, 0.05) is 6.54 Å². The first-order chi connectivity index (χ1) is 8.04. The molecule has 6 heteroatoms. The van der Waals surface area contributed by atoms with E-state index in [-0.39, 0.29) is 5.91 Å². The summed E-state index contributed by atoms with van der Waals surface area (Å²) in [4.78, 5) is 15.6. The molecule has 0 aliphatic carbocycles. The Morgan fingerprint density at radius 3 is 2.94 bits per heavy atom. The Hall–Kier alpha value is -1.49. The second-order valence-corrected chi connectivity index (χ2v) is 4.16. The van der Waals surface area contributed by atoms with Crippen LogP contribution in [0.5, 0.6) is 0 Å². The van der Waals surface area contributed by atoms with Gasteiger partial charge in [0.15, 0.2) is 0 Å². The summed E-state index contributed by atoms with van der Waals surface area (Å²) in [6.07, 6.45) is 2.39. The largest absolute Gasteiger partial charge is 0.397 e. The maximum atomic E-state index is 11.6. The lowest BCUT2D eigenvalue weighted by Gasteiger charge is -2.15. The highest BCUT2D eigenvalue weighted by Gasteiger charge is 2.13. The number of pyridine rings is 1. The minimum atomic E-state index is -0.393. The number of hydrogen-bond acceptors (Lipinski definition) is 4. The number of halogens is 1. The second-order valence-electron chi connectivity index (χ2n) is 3.76. The van der Waals surface area contributed by atoms with Crippen LogP contribution in [0.4, 0.5) is 11.5 Å². The van der Waals surface area contributed by atoms with Gasteiger partial charge in [-0.25, -0.2) is 4.98 Å². The monoisotopic (exact) mass is 256 g/mol. The van der Waals surface area contributed by atoms with Gasteiger partial charge in [0.1, 0.15) is 11.9 Å². The third-order valence-corrected chi connectivity index (χ3v) is 2.45. The molecule has 1 unspecified atom stereocenters. The number of nitrogens with one attached hydrogen (secondary N) is 2. The molecule has 0 saturated heterocycles. The minimum Gasteiger partial charge on any atom is -0.397 e. The fraction of sp³-hybridized carbons (Fsp3) is 0.455. The topological polar surface area (TPSA) is 80.0 Å². The van der Waals surface area contributed by atoms with Crippen molar-refractivity contribution in [2.24, 2.45) is 0 Å². The number of nitrogens with zero attached hydrogens (tertiary/aromatic N) is 1. The van der Waals surface area contributed by atoms with Gasteiger partial charge < -0.3 is 16.4 Å². The molecule has 1 atom stereocenters. The van der Waals surface area contributed by atoms with Crippen molar-refractivity contribution >= 4 is 29.0 Å². The number of amides is 1. The molecule has 1 rings (SSSR count). The predicted molar refractivity (Wildman–Crippen MR) is 70.0 cm³/mol. The number of carbonyl (C=O) groups excluding carboxylic acids is 1. The number of anilines is 2. The Kier molecular flexibility index (Phi) is 5.03. The van der Waals surface area contributed by atoms with E-state index in [1.165, 1.54) is 6.20 Å². The van der Waals surface area contributed by atoms with Crippen LogP contribution in [0.15, 0.2) is 12.3 Å². The number of nitrogens with two attached hydrogens (primary N) is 1. The van der Waals surface area contributed by atoms with Crippen LogP contribution in [0.2, 0.25) is 5.02 Å². The normalized spacial score (nSPS) is 11.9. The lowest BCUT2D eigenvalue weighted by atomic mass is 10.3. The van der Waals surface area contributed by atoms with E-state index in [9.17, 15) is 4.79 Å². The molecule has 0 aliphatic heterocycles. The highest BCUT2D eigenvalue weighted by molar-refractivity contribution is 6.33. The zero-order valence-corrected chi connectivity index (χ0v) is 10.7. The zero-order valence-electron chi connectivity index (χ0n) is 9.96. The van der Waals surface area contributed by atoms with E-state index in [4.69, 9.17) is 17.3 Å². The molecule has 1 heterocycles. The number of nitrogen functional groups attached to an aromatic ring is 1. The molecular formula is C11H17ClN4O. The van der Waals surface area contributed by atoms with Crippen molar-refractivity contribution in [3.63, 3.8) is 0 Å². The van der Waals surface area contributed by atoms with Gasteiger partial charge in [-0.15, -0.1) is 0 Å². The first-order valence-electron chi connectivity index (χ1n) is 5.49. The van der Waals surface area contributed by atoms with Crippen molar-refractivity contribution < 1.29 is 4.79 Å². The molecule has 0 radical (unpaired) electrons. The molecular weight excluding hydrogens is 240 g/mol. The summed E-state index contributed by atoms with van der Waals surface area (Å²) in [7, 11) is 0. The molecule has 1 aromatic rings. The van der Waals surface area contributed by atoms with Crippen LogP contribution in [0.25, 0.3) is 0 Å². The molecule has 0 fully saturated rings. The summed E-state index contributed by atoms with van der Waals surface area (Å²) in [6.45, 7) is 4.41. The zero-order chi connectivity index (χ0) is 12.8. The van der Waals surface area contributed by atoms with Crippen LogP contribution < -0.4 is 16.4 Å². The smallest absolute Gasteiger partial charge is 0.242 e. The molecule has 1 amide bonds. The minimum absolute atomic E-state index is 0.0819. The summed E-state index contributed by atoms with van der Waals surface area (Å²) in [6, 6.07) is 1.20. The number of aromatic nitrogens is 1. The lowest BCUT2D eigenvalue weighted by molar-refractivity contribution is -0.121. The van der Waals surface area contributed by atoms with Crippen molar-refractivity contribution in [1.29, 1.82) is 0 Å². The van der Waals surface area contributed by atoms with Crippen LogP contribution in [0.1, 0.15) is 20.3 Å². The van der Waals surface area contributed by atoms with Gasteiger partial charge in [-0.05, 0) is 19.4 Å². The standard InChI is InChI=1S/C11H17ClN4O/c1-3-4-14-11(17)7(2)16-10-9(12)5-8(13)6-15-10/h5-7H,3-4,13H2,1-2H3,(H,14,17)(H,15,16). The number of hydrogen-bond donors (Lipinski definition) is 3. The van der Waals surface area contributed by atoms with Gasteiger partial charge in [-0.3, -0.25) is 4.79 Å². The molecule has 5 nitrogen and oxygen atoms in total. The maximum absolute atomic E-state index is 11.6. The quantitative estimate of drug-likeness (QED) is 0.748. The Morgan fingerprint density at radius 2 is 2.35 bits per heavy atom. The molecule has 0 bridgehead atoms. The number of rotatable bonds is 5. The van der Waals surface area contributed by atoms with Crippen LogP contribution in [0, 0.1) is 0 Å². The van der Waals surface area contributed by atoms with Crippen LogP contribution in [0.3, 0.4) is 0 Å². The van der Waals surface area contributed by atoms with E-state index in [1.807, 2.05) is 6.92 Å². The number of carbonyl (C=O) groups is 1. The van der Waals surface area contributed by atoms with E-state index >= 15 is 0 Å². The molecule has 0 aromatic carbocycles. The predicted octanol–water partition coefficient (Wildman–Crippen LogP) is 1.64. The highest BCUT2D eigenvalue weighted by Crippen LogP contribution is 2.21. The fourth-order valence-electron chi connectivity index (χ4n) is 1.23. The van der Waals surface area contributed by atoms with Gasteiger partial charge in [0.2, 0.25) is 5.91 Å². The summed E-state index contributed by atoms with van der Waals surface area (Å²) in [5, 5.41) is 6.12. The molecule has 4 N–H and O–H groups in total. The van der Waals surface area contributed by atoms with Crippen molar-refractivity contribution in [3.05, 3.63) is 17.3 Å². The van der Waals surface area contributed by atoms with Gasteiger partial charge in [0.25, 0.3) is 0 Å². The maximum Gasteiger partial charge on any atom is 0.242 e. The lowest BCUT2D eigenvalue weighted by Crippen LogP contribution is -2.38. The summed E-state index contributed by atoms with van der Waals surface area (Å²) >= 11 is 5.95. The van der Waals surface area contributed by atoms with E-state index in [2.05, 4.69) is 15.6 Å². The molecule has 1 aromatic heterocycles. The van der Waals surface area contributed by atoms with Gasteiger partial charge in [-0.1, -0.05) is 18.5 Å². The SMILES string of the molecule is CCCNC(=O)C(C)Nc1ncc(N)cc1Cl. The Bertz CT molecular complexity index is 397. The van der Waals surface area contributed by atoms with Crippen molar-refractivity contribution in [2.75, 3.05) is 17.6 Å². The summed E-state index contributed by atoms with van der Waals surface area (Å²) < 4.78 is 0. The van der Waals surface area contributed by atoms with E-state index in [1.54, 1.807) is 13.0 Å². The van der Waals surface area contributed by atoms with Gasteiger partial charge in [0.05, 0.1) is 16.9 Å². The Balaban J connectivity index is 2.61. The van der Waals surface area contributed by atoms with Crippen LogP contribution in [-0.2, 0) is 4.79 Å². The Morgan fingerprint density at radius 1 is 1.65 bits per heavy atom. The first-order valence-corrected chi connectivity index (χ1v) is 5.87. The first kappa shape index (κ1) is 13.6. The van der Waals surface area contributed by atoms with Gasteiger partial charge >= 0.3 is 0 Å². The van der Waals surface area contributed by atoms with E-state index in [0.717, 1.165) is 6.42 Å².